The number of unbranched alkanes of at least 4 members (excludes halogenated alkanes) is 1. The second-order valence-electron chi connectivity index (χ2n) is 8.26. The van der Waals surface area contributed by atoms with E-state index in [0.717, 1.165) is 0 Å². The van der Waals surface area contributed by atoms with Gasteiger partial charge < -0.3 is 37.5 Å². The number of aliphatic carboxylic acids is 1. The predicted octanol–water partition coefficient (Wildman–Crippen LogP) is -0.546. The van der Waals surface area contributed by atoms with E-state index in [1.54, 1.807) is 11.8 Å². The number of aromatic amines is 1. The van der Waals surface area contributed by atoms with Crippen LogP contribution in [0.2, 0.25) is 0 Å². The molecule has 9 N–H and O–H groups in total. The number of imidazole rings is 1. The van der Waals surface area contributed by atoms with Crippen molar-refractivity contribution in [2.24, 2.45) is 11.5 Å². The highest BCUT2D eigenvalue weighted by atomic mass is 32.2. The summed E-state index contributed by atoms with van der Waals surface area (Å²) in [6.07, 6.45) is 8.99. The molecule has 4 atom stereocenters. The van der Waals surface area contributed by atoms with E-state index in [1.165, 1.54) is 24.3 Å². The minimum Gasteiger partial charge on any atom is -0.480 e. The zero-order chi connectivity index (χ0) is 26.9. The van der Waals surface area contributed by atoms with Gasteiger partial charge >= 0.3 is 5.97 Å². The maximum atomic E-state index is 13.2. The normalized spacial score (nSPS) is 14.3. The summed E-state index contributed by atoms with van der Waals surface area (Å²) in [7, 11) is 0. The number of hydrogen-bond acceptors (Lipinski definition) is 9. The monoisotopic (exact) mass is 545 g/mol. The van der Waals surface area contributed by atoms with Gasteiger partial charge in [0.15, 0.2) is 0 Å². The lowest BCUT2D eigenvalue weighted by atomic mass is 10.1. The second-order valence-corrected chi connectivity index (χ2v) is 10.2. The number of amides is 3. The third kappa shape index (κ3) is 12.1. The second kappa shape index (κ2) is 18.0. The summed E-state index contributed by atoms with van der Waals surface area (Å²) in [5.74, 6) is -1.51. The molecule has 0 fully saturated rings. The molecule has 3 amide bonds. The minimum atomic E-state index is -1.17. The van der Waals surface area contributed by atoms with Crippen molar-refractivity contribution in [3.05, 3.63) is 18.2 Å². The Kier molecular flexibility index (Phi) is 15.9. The van der Waals surface area contributed by atoms with Crippen LogP contribution in [0.1, 0.15) is 37.8 Å². The molecule has 0 aromatic carbocycles. The smallest absolute Gasteiger partial charge is 0.326 e. The molecule has 1 aromatic heterocycles. The van der Waals surface area contributed by atoms with Crippen LogP contribution in [0.4, 0.5) is 0 Å². The van der Waals surface area contributed by atoms with Gasteiger partial charge in [0.05, 0.1) is 12.4 Å². The van der Waals surface area contributed by atoms with Gasteiger partial charge in [0.1, 0.15) is 18.1 Å². The molecule has 0 aliphatic rings. The van der Waals surface area contributed by atoms with Gasteiger partial charge in [-0.15, -0.1) is 0 Å². The molecule has 36 heavy (non-hydrogen) atoms. The molecule has 0 radical (unpaired) electrons. The van der Waals surface area contributed by atoms with Crippen LogP contribution in [0.5, 0.6) is 0 Å². The van der Waals surface area contributed by atoms with Gasteiger partial charge in [-0.05, 0) is 62.7 Å². The molecule has 204 valence electrons. The summed E-state index contributed by atoms with van der Waals surface area (Å²) in [6, 6.07) is -3.86. The first kappa shape index (κ1) is 31.7. The average Bonchev–Trinajstić information content (AvgIpc) is 3.36. The number of nitrogens with zero attached hydrogens (tertiary/aromatic N) is 1. The maximum Gasteiger partial charge on any atom is 0.326 e. The van der Waals surface area contributed by atoms with Gasteiger partial charge in [0, 0.05) is 18.3 Å². The van der Waals surface area contributed by atoms with Crippen molar-refractivity contribution < 1.29 is 24.3 Å². The number of H-pyrrole nitrogens is 1. The molecule has 0 saturated carbocycles. The Bertz CT molecular complexity index is 813. The van der Waals surface area contributed by atoms with E-state index in [1.807, 2.05) is 12.5 Å². The minimum absolute atomic E-state index is 0.0587. The van der Waals surface area contributed by atoms with Crippen molar-refractivity contribution in [2.75, 3.05) is 30.6 Å². The number of thioether (sulfide) groups is 2. The van der Waals surface area contributed by atoms with Crippen molar-refractivity contribution in [3.63, 3.8) is 0 Å². The molecule has 1 heterocycles. The Morgan fingerprint density at radius 2 is 1.56 bits per heavy atom. The highest BCUT2D eigenvalue weighted by Crippen LogP contribution is 2.07. The molecule has 0 aliphatic carbocycles. The number of hydrogen-bond donors (Lipinski definition) is 7. The fourth-order valence-corrected chi connectivity index (χ4v) is 4.24. The molecular weight excluding hydrogens is 506 g/mol. The lowest BCUT2D eigenvalue weighted by Gasteiger charge is -2.25. The fourth-order valence-electron chi connectivity index (χ4n) is 3.28. The SMILES string of the molecule is CSCCC(N)C(=O)NC(CCSC)C(=O)NC(Cc1cnc[nH]1)C(=O)NC(CCCCN)C(=O)O. The summed E-state index contributed by atoms with van der Waals surface area (Å²) in [5, 5.41) is 17.4. The van der Waals surface area contributed by atoms with Crippen LogP contribution in [-0.4, -0.2) is 93.5 Å². The van der Waals surface area contributed by atoms with Crippen LogP contribution in [0.15, 0.2) is 12.5 Å². The molecule has 1 aromatic rings. The third-order valence-electron chi connectivity index (χ3n) is 5.39. The topological polar surface area (TPSA) is 205 Å². The molecule has 14 heteroatoms. The number of carboxylic acids is 1. The fraction of sp³-hybridized carbons (Fsp3) is 0.682. The van der Waals surface area contributed by atoms with Crippen LogP contribution < -0.4 is 27.4 Å². The van der Waals surface area contributed by atoms with Crippen LogP contribution in [0, 0.1) is 0 Å². The van der Waals surface area contributed by atoms with E-state index in [-0.39, 0.29) is 12.8 Å². The third-order valence-corrected chi connectivity index (χ3v) is 6.67. The van der Waals surface area contributed by atoms with Gasteiger partial charge in [-0.1, -0.05) is 0 Å². The van der Waals surface area contributed by atoms with Crippen LogP contribution in [0.3, 0.4) is 0 Å². The van der Waals surface area contributed by atoms with Crippen LogP contribution in [-0.2, 0) is 25.6 Å². The maximum absolute atomic E-state index is 13.2. The zero-order valence-corrected chi connectivity index (χ0v) is 22.5. The molecule has 0 aliphatic heterocycles. The van der Waals surface area contributed by atoms with Gasteiger partial charge in [-0.2, -0.15) is 23.5 Å². The Hall–Kier alpha value is -2.29. The quantitative estimate of drug-likeness (QED) is 0.110. The average molecular weight is 546 g/mol. The number of rotatable bonds is 19. The first-order chi connectivity index (χ1) is 17.2. The van der Waals surface area contributed by atoms with E-state index in [2.05, 4.69) is 25.9 Å². The lowest BCUT2D eigenvalue weighted by Crippen LogP contribution is -2.57. The molecule has 0 spiro atoms. The van der Waals surface area contributed by atoms with Crippen LogP contribution >= 0.6 is 23.5 Å². The van der Waals surface area contributed by atoms with E-state index in [0.29, 0.717) is 49.4 Å². The van der Waals surface area contributed by atoms with Crippen molar-refractivity contribution in [3.8, 4) is 0 Å². The van der Waals surface area contributed by atoms with Crippen molar-refractivity contribution >= 4 is 47.2 Å². The first-order valence-electron chi connectivity index (χ1n) is 11.8. The molecule has 0 bridgehead atoms. The van der Waals surface area contributed by atoms with Crippen molar-refractivity contribution in [1.29, 1.82) is 0 Å². The molecule has 1 rings (SSSR count). The standard InChI is InChI=1S/C22H39N7O5S2/c1-35-9-6-15(24)19(30)27-16(7-10-36-2)20(31)29-18(11-14-12-25-13-26-14)21(32)28-17(22(33)34)5-3-4-8-23/h12-13,15-18H,3-11,23-24H2,1-2H3,(H,25,26)(H,27,30)(H,28,32)(H,29,31)(H,33,34). The summed E-state index contributed by atoms with van der Waals surface area (Å²) >= 11 is 3.08. The van der Waals surface area contributed by atoms with Crippen LogP contribution in [0.25, 0.3) is 0 Å². The van der Waals surface area contributed by atoms with Gasteiger partial charge in [-0.25, -0.2) is 9.78 Å². The Labute approximate surface area is 220 Å². The summed E-state index contributed by atoms with van der Waals surface area (Å²) in [4.78, 5) is 57.3. The molecule has 0 saturated heterocycles. The highest BCUT2D eigenvalue weighted by Gasteiger charge is 2.30. The molecule has 4 unspecified atom stereocenters. The largest absolute Gasteiger partial charge is 0.480 e. The number of aromatic nitrogens is 2. The number of nitrogens with one attached hydrogen (secondary N) is 4. The van der Waals surface area contributed by atoms with Gasteiger partial charge in [0.2, 0.25) is 17.7 Å². The number of nitrogens with two attached hydrogens (primary N) is 2. The highest BCUT2D eigenvalue weighted by molar-refractivity contribution is 7.98. The summed E-state index contributed by atoms with van der Waals surface area (Å²) in [5.41, 5.74) is 12.0. The molecular formula is C22H39N7O5S2. The Balaban J connectivity index is 2.98. The number of carbonyl (C=O) groups excluding carboxylic acids is 3. The van der Waals surface area contributed by atoms with Crippen molar-refractivity contribution in [2.45, 2.75) is 62.7 Å². The predicted molar refractivity (Wildman–Crippen MR) is 143 cm³/mol. The number of carbonyl (C=O) groups is 4. The Morgan fingerprint density at radius 1 is 0.944 bits per heavy atom. The first-order valence-corrected chi connectivity index (χ1v) is 14.6. The molecule has 12 nitrogen and oxygen atoms in total. The summed E-state index contributed by atoms with van der Waals surface area (Å²) in [6.45, 7) is 0.420. The van der Waals surface area contributed by atoms with E-state index < -0.39 is 47.9 Å². The van der Waals surface area contributed by atoms with Gasteiger partial charge in [0.25, 0.3) is 0 Å². The Morgan fingerprint density at radius 3 is 2.14 bits per heavy atom. The lowest BCUT2D eigenvalue weighted by molar-refractivity contribution is -0.142. The van der Waals surface area contributed by atoms with Crippen molar-refractivity contribution in [1.82, 2.24) is 25.9 Å². The van der Waals surface area contributed by atoms with Gasteiger partial charge in [-0.3, -0.25) is 14.4 Å². The van der Waals surface area contributed by atoms with E-state index >= 15 is 0 Å². The van der Waals surface area contributed by atoms with E-state index in [9.17, 15) is 24.3 Å². The summed E-state index contributed by atoms with van der Waals surface area (Å²) < 4.78 is 0. The van der Waals surface area contributed by atoms with E-state index in [4.69, 9.17) is 11.5 Å². The zero-order valence-electron chi connectivity index (χ0n) is 20.8. The number of carboxylic acid groups (broad SMARTS) is 1.